The van der Waals surface area contributed by atoms with E-state index >= 15 is 0 Å². The molecule has 0 unspecified atom stereocenters. The van der Waals surface area contributed by atoms with Gasteiger partial charge < -0.3 is 9.47 Å². The van der Waals surface area contributed by atoms with Crippen LogP contribution in [-0.2, 0) is 9.47 Å². The number of carbonyl (C=O) groups excluding carboxylic acids is 2. The molecule has 0 aliphatic rings. The lowest BCUT2D eigenvalue weighted by atomic mass is 10.0. The highest BCUT2D eigenvalue weighted by Crippen LogP contribution is 2.24. The molecule has 0 bridgehead atoms. The predicted octanol–water partition coefficient (Wildman–Crippen LogP) is 11.9. The van der Waals surface area contributed by atoms with Crippen LogP contribution < -0.4 is 0 Å². The van der Waals surface area contributed by atoms with Crippen LogP contribution in [0.3, 0.4) is 0 Å². The first-order chi connectivity index (χ1) is 24.6. The lowest BCUT2D eigenvalue weighted by Crippen LogP contribution is -2.07. The van der Waals surface area contributed by atoms with Crippen molar-refractivity contribution < 1.29 is 19.1 Å². The van der Waals surface area contributed by atoms with E-state index in [0.717, 1.165) is 72.9 Å². The highest BCUT2D eigenvalue weighted by atomic mass is 16.5. The third-order valence-corrected chi connectivity index (χ3v) is 9.32. The molecule has 0 amide bonds. The van der Waals surface area contributed by atoms with Crippen molar-refractivity contribution in [1.82, 2.24) is 0 Å². The molecule has 0 aliphatic carbocycles. The topological polar surface area (TPSA) is 52.6 Å². The Kier molecular flexibility index (Phi) is 17.0. The molecule has 0 N–H and O–H groups in total. The van der Waals surface area contributed by atoms with Crippen LogP contribution in [0.4, 0.5) is 0 Å². The molecule has 4 aromatic carbocycles. The van der Waals surface area contributed by atoms with Crippen LogP contribution in [0.15, 0.2) is 72.8 Å². The van der Waals surface area contributed by atoms with Crippen molar-refractivity contribution in [1.29, 1.82) is 0 Å². The fourth-order valence-electron chi connectivity index (χ4n) is 6.35. The molecule has 0 spiro atoms. The largest absolute Gasteiger partial charge is 0.462 e. The molecule has 4 heteroatoms. The van der Waals surface area contributed by atoms with Gasteiger partial charge in [-0.1, -0.05) is 137 Å². The fraction of sp³-hybridized carbons (Fsp3) is 0.435. The number of ether oxygens (including phenoxy) is 2. The Labute approximate surface area is 300 Å². The summed E-state index contributed by atoms with van der Waals surface area (Å²) in [6.07, 6.45) is 17.7. The van der Waals surface area contributed by atoms with Crippen LogP contribution in [0.1, 0.15) is 135 Å². The van der Waals surface area contributed by atoms with E-state index in [0.29, 0.717) is 24.3 Å². The first-order valence-electron chi connectivity index (χ1n) is 18.8. The average Bonchev–Trinajstić information content (AvgIpc) is 3.13. The molecule has 0 atom stereocenters. The lowest BCUT2D eigenvalue weighted by Gasteiger charge is -2.09. The lowest BCUT2D eigenvalue weighted by molar-refractivity contribution is 0.0490. The van der Waals surface area contributed by atoms with E-state index in [1.807, 2.05) is 60.7 Å². The molecular formula is C46H54O4. The van der Waals surface area contributed by atoms with Gasteiger partial charge in [0, 0.05) is 12.8 Å². The Bertz CT molecular complexity index is 1660. The van der Waals surface area contributed by atoms with Gasteiger partial charge in [0.2, 0.25) is 0 Å². The molecule has 0 aliphatic heterocycles. The molecule has 0 aromatic heterocycles. The maximum Gasteiger partial charge on any atom is 0.338 e. The Morgan fingerprint density at radius 1 is 0.440 bits per heavy atom. The Morgan fingerprint density at radius 3 is 1.18 bits per heavy atom. The maximum absolute atomic E-state index is 12.6. The number of benzene rings is 4. The van der Waals surface area contributed by atoms with E-state index in [1.165, 1.54) is 62.5 Å². The molecule has 0 fully saturated rings. The molecule has 262 valence electrons. The van der Waals surface area contributed by atoms with E-state index in [1.54, 1.807) is 0 Å². The highest BCUT2D eigenvalue weighted by Gasteiger charge is 2.13. The molecular weight excluding hydrogens is 617 g/mol. The van der Waals surface area contributed by atoms with E-state index < -0.39 is 0 Å². The Morgan fingerprint density at radius 2 is 0.780 bits per heavy atom. The standard InChI is InChI=1S/C46H54O4/c1-37-31-33-43(41-29-23-21-27-39(37)41)45(47)49-35-25-19-17-15-13-11-9-7-5-3-4-6-8-10-12-14-16-18-20-26-36-50-46(48)44-34-32-38(2)40-28-22-24-30-42(40)44/h21-24,27-34H,7-20,25-26,35-36H2,1-2H3. The summed E-state index contributed by atoms with van der Waals surface area (Å²) < 4.78 is 11.1. The van der Waals surface area contributed by atoms with E-state index in [9.17, 15) is 9.59 Å². The molecule has 0 saturated carbocycles. The molecule has 0 heterocycles. The minimum atomic E-state index is -0.225. The number of esters is 2. The van der Waals surface area contributed by atoms with Gasteiger partial charge in [-0.2, -0.15) is 0 Å². The Balaban J connectivity index is 0.901. The van der Waals surface area contributed by atoms with Crippen molar-refractivity contribution in [2.75, 3.05) is 13.2 Å². The van der Waals surface area contributed by atoms with Gasteiger partial charge in [-0.15, -0.1) is 0 Å². The second-order valence-corrected chi connectivity index (χ2v) is 13.3. The smallest absolute Gasteiger partial charge is 0.338 e. The monoisotopic (exact) mass is 670 g/mol. The minimum absolute atomic E-state index is 0.225. The van der Waals surface area contributed by atoms with Crippen molar-refractivity contribution in [3.05, 3.63) is 95.1 Å². The number of unbranched alkanes of at least 4 members (excludes halogenated alkanes) is 14. The number of carbonyl (C=O) groups is 2. The number of aryl methyl sites for hydroxylation is 2. The van der Waals surface area contributed by atoms with Crippen molar-refractivity contribution >= 4 is 33.5 Å². The summed E-state index contributed by atoms with van der Waals surface area (Å²) in [5, 5.41) is 4.14. The zero-order chi connectivity index (χ0) is 35.2. The summed E-state index contributed by atoms with van der Waals surface area (Å²) in [5.74, 6) is 12.0. The summed E-state index contributed by atoms with van der Waals surface area (Å²) in [5.41, 5.74) is 3.65. The normalized spacial score (nSPS) is 10.7. The summed E-state index contributed by atoms with van der Waals surface area (Å²) in [4.78, 5) is 25.2. The molecule has 4 rings (SSSR count). The van der Waals surface area contributed by atoms with Gasteiger partial charge in [-0.05, 0) is 96.2 Å². The number of rotatable bonds is 20. The van der Waals surface area contributed by atoms with Gasteiger partial charge in [-0.3, -0.25) is 0 Å². The highest BCUT2D eigenvalue weighted by molar-refractivity contribution is 6.06. The van der Waals surface area contributed by atoms with Crippen molar-refractivity contribution in [2.24, 2.45) is 0 Å². The molecule has 0 saturated heterocycles. The second-order valence-electron chi connectivity index (χ2n) is 13.3. The predicted molar refractivity (Wildman–Crippen MR) is 207 cm³/mol. The number of fused-ring (bicyclic) bond motifs is 2. The SMILES string of the molecule is Cc1ccc(C(=O)OCCCCCCCCCC#CC#CCCCCCCCCCOC(=O)c2ccc(C)c3ccccc23)c2ccccc12. The van der Waals surface area contributed by atoms with Gasteiger partial charge >= 0.3 is 11.9 Å². The molecule has 50 heavy (non-hydrogen) atoms. The van der Waals surface area contributed by atoms with Crippen LogP contribution in [-0.4, -0.2) is 25.2 Å². The zero-order valence-electron chi connectivity index (χ0n) is 30.3. The average molecular weight is 671 g/mol. The van der Waals surface area contributed by atoms with Crippen LogP contribution in [0.25, 0.3) is 21.5 Å². The summed E-state index contributed by atoms with van der Waals surface area (Å²) in [6.45, 7) is 5.09. The van der Waals surface area contributed by atoms with Crippen LogP contribution in [0.2, 0.25) is 0 Å². The third-order valence-electron chi connectivity index (χ3n) is 9.32. The van der Waals surface area contributed by atoms with Crippen molar-refractivity contribution in [2.45, 2.75) is 117 Å². The van der Waals surface area contributed by atoms with Gasteiger partial charge in [0.25, 0.3) is 0 Å². The quantitative estimate of drug-likeness (QED) is 0.0533. The summed E-state index contributed by atoms with van der Waals surface area (Å²) >= 11 is 0. The fourth-order valence-corrected chi connectivity index (χ4v) is 6.35. The molecule has 4 nitrogen and oxygen atoms in total. The maximum atomic E-state index is 12.6. The molecule has 4 aromatic rings. The van der Waals surface area contributed by atoms with Crippen molar-refractivity contribution in [3.63, 3.8) is 0 Å². The van der Waals surface area contributed by atoms with Crippen LogP contribution in [0, 0.1) is 37.5 Å². The second kappa shape index (κ2) is 22.2. The zero-order valence-corrected chi connectivity index (χ0v) is 30.3. The molecule has 0 radical (unpaired) electrons. The summed E-state index contributed by atoms with van der Waals surface area (Å²) in [7, 11) is 0. The first-order valence-corrected chi connectivity index (χ1v) is 18.8. The van der Waals surface area contributed by atoms with E-state index in [2.05, 4.69) is 49.7 Å². The van der Waals surface area contributed by atoms with Crippen LogP contribution >= 0.6 is 0 Å². The van der Waals surface area contributed by atoms with E-state index in [-0.39, 0.29) is 11.9 Å². The van der Waals surface area contributed by atoms with E-state index in [4.69, 9.17) is 9.47 Å². The number of hydrogen-bond acceptors (Lipinski definition) is 4. The summed E-state index contributed by atoms with van der Waals surface area (Å²) in [6, 6.07) is 23.8. The van der Waals surface area contributed by atoms with Gasteiger partial charge in [0.1, 0.15) is 0 Å². The first kappa shape index (κ1) is 38.3. The van der Waals surface area contributed by atoms with Crippen LogP contribution in [0.5, 0.6) is 0 Å². The minimum Gasteiger partial charge on any atom is -0.462 e. The number of hydrogen-bond donors (Lipinski definition) is 0. The van der Waals surface area contributed by atoms with Gasteiger partial charge in [0.05, 0.1) is 24.3 Å². The van der Waals surface area contributed by atoms with Gasteiger partial charge in [0.15, 0.2) is 0 Å². The van der Waals surface area contributed by atoms with Gasteiger partial charge in [-0.25, -0.2) is 9.59 Å². The van der Waals surface area contributed by atoms with Crippen molar-refractivity contribution in [3.8, 4) is 23.7 Å². The third kappa shape index (κ3) is 12.7. The Hall–Kier alpha value is -4.54.